The number of nitrogens with zero attached hydrogens (tertiary/aromatic N) is 2. The van der Waals surface area contributed by atoms with Gasteiger partial charge < -0.3 is 9.64 Å². The van der Waals surface area contributed by atoms with Gasteiger partial charge in [0, 0.05) is 13.1 Å². The zero-order valence-corrected chi connectivity index (χ0v) is 11.8. The number of carbonyl (C=O) groups excluding carboxylic acids is 1. The summed E-state index contributed by atoms with van der Waals surface area (Å²) in [6.45, 7) is 2.47. The van der Waals surface area contributed by atoms with Gasteiger partial charge in [-0.3, -0.25) is 4.90 Å². The van der Waals surface area contributed by atoms with Crippen molar-refractivity contribution in [3.63, 3.8) is 0 Å². The molecule has 1 aliphatic heterocycles. The lowest BCUT2D eigenvalue weighted by molar-refractivity contribution is 0.0554. The first-order valence-corrected chi connectivity index (χ1v) is 7.13. The lowest BCUT2D eigenvalue weighted by Gasteiger charge is -2.33. The second-order valence-electron chi connectivity index (χ2n) is 4.89. The summed E-state index contributed by atoms with van der Waals surface area (Å²) in [4.78, 5) is 16.5. The van der Waals surface area contributed by atoms with Gasteiger partial charge in [0.1, 0.15) is 0 Å². The molecular formula is C17H18N2O2. The highest BCUT2D eigenvalue weighted by Crippen LogP contribution is 2.26. The van der Waals surface area contributed by atoms with Crippen LogP contribution in [0.2, 0.25) is 0 Å². The number of morpholine rings is 1. The largest absolute Gasteiger partial charge is 0.378 e. The van der Waals surface area contributed by atoms with E-state index in [9.17, 15) is 4.79 Å². The molecule has 1 heterocycles. The number of hydrogen-bond donors (Lipinski definition) is 0. The minimum Gasteiger partial charge on any atom is -0.378 e. The van der Waals surface area contributed by atoms with E-state index in [0.29, 0.717) is 26.3 Å². The second-order valence-corrected chi connectivity index (χ2v) is 4.89. The van der Waals surface area contributed by atoms with E-state index in [4.69, 9.17) is 4.74 Å². The summed E-state index contributed by atoms with van der Waals surface area (Å²) in [7, 11) is 0. The Kier molecular flexibility index (Phi) is 4.17. The van der Waals surface area contributed by atoms with Crippen LogP contribution in [0.25, 0.3) is 0 Å². The predicted molar refractivity (Wildman–Crippen MR) is 82.8 cm³/mol. The smallest absolute Gasteiger partial charge is 0.329 e. The summed E-state index contributed by atoms with van der Waals surface area (Å²) in [6.07, 6.45) is 0. The Morgan fingerprint density at radius 1 is 0.857 bits per heavy atom. The third kappa shape index (κ3) is 3.06. The van der Waals surface area contributed by atoms with E-state index in [0.717, 1.165) is 11.4 Å². The molecule has 4 nitrogen and oxygen atoms in total. The van der Waals surface area contributed by atoms with Crippen LogP contribution in [0.15, 0.2) is 60.7 Å². The van der Waals surface area contributed by atoms with Crippen LogP contribution in [0.4, 0.5) is 16.2 Å². The van der Waals surface area contributed by atoms with Crippen LogP contribution in [0, 0.1) is 0 Å². The molecule has 1 saturated heterocycles. The third-order valence-electron chi connectivity index (χ3n) is 3.50. The van der Waals surface area contributed by atoms with Crippen LogP contribution in [-0.2, 0) is 4.74 Å². The van der Waals surface area contributed by atoms with Gasteiger partial charge in [0.25, 0.3) is 0 Å². The number of anilines is 2. The highest BCUT2D eigenvalue weighted by Gasteiger charge is 2.25. The lowest BCUT2D eigenvalue weighted by Crippen LogP contribution is -2.46. The topological polar surface area (TPSA) is 32.8 Å². The van der Waals surface area contributed by atoms with Gasteiger partial charge in [0.2, 0.25) is 0 Å². The molecule has 0 bridgehead atoms. The Bertz CT molecular complexity index is 541. The van der Waals surface area contributed by atoms with Crippen molar-refractivity contribution in [1.82, 2.24) is 4.90 Å². The van der Waals surface area contributed by atoms with Crippen molar-refractivity contribution in [1.29, 1.82) is 0 Å². The molecule has 0 radical (unpaired) electrons. The van der Waals surface area contributed by atoms with Crippen molar-refractivity contribution < 1.29 is 9.53 Å². The monoisotopic (exact) mass is 282 g/mol. The minimum atomic E-state index is -0.00398. The van der Waals surface area contributed by atoms with E-state index in [1.165, 1.54) is 0 Å². The van der Waals surface area contributed by atoms with Crippen LogP contribution in [0.1, 0.15) is 0 Å². The minimum absolute atomic E-state index is 0.00398. The van der Waals surface area contributed by atoms with Gasteiger partial charge in [-0.15, -0.1) is 0 Å². The number of ether oxygens (including phenoxy) is 1. The van der Waals surface area contributed by atoms with Crippen molar-refractivity contribution in [2.75, 3.05) is 31.2 Å². The number of amides is 2. The fourth-order valence-corrected chi connectivity index (χ4v) is 2.42. The van der Waals surface area contributed by atoms with E-state index in [1.54, 1.807) is 4.90 Å². The molecule has 2 amide bonds. The molecule has 0 aliphatic carbocycles. The van der Waals surface area contributed by atoms with E-state index in [1.807, 2.05) is 65.6 Å². The van der Waals surface area contributed by atoms with Crippen LogP contribution in [0.5, 0.6) is 0 Å². The predicted octanol–water partition coefficient (Wildman–Crippen LogP) is 3.28. The first kappa shape index (κ1) is 13.6. The summed E-state index contributed by atoms with van der Waals surface area (Å²) in [5.41, 5.74) is 1.75. The van der Waals surface area contributed by atoms with Crippen molar-refractivity contribution in [3.8, 4) is 0 Å². The van der Waals surface area contributed by atoms with Gasteiger partial charge in [-0.1, -0.05) is 36.4 Å². The van der Waals surface area contributed by atoms with Crippen molar-refractivity contribution >= 4 is 17.4 Å². The van der Waals surface area contributed by atoms with Crippen LogP contribution in [-0.4, -0.2) is 37.2 Å². The van der Waals surface area contributed by atoms with Gasteiger partial charge in [-0.25, -0.2) is 4.79 Å². The molecule has 4 heteroatoms. The maximum atomic E-state index is 12.9. The number of carbonyl (C=O) groups is 1. The van der Waals surface area contributed by atoms with Crippen molar-refractivity contribution in [3.05, 3.63) is 60.7 Å². The Balaban J connectivity index is 1.94. The summed E-state index contributed by atoms with van der Waals surface area (Å²) in [5.74, 6) is 0. The third-order valence-corrected chi connectivity index (χ3v) is 3.50. The molecule has 0 unspecified atom stereocenters. The van der Waals surface area contributed by atoms with E-state index in [-0.39, 0.29) is 6.03 Å². The molecule has 21 heavy (non-hydrogen) atoms. The molecule has 108 valence electrons. The molecule has 0 spiro atoms. The standard InChI is InChI=1S/C17H18N2O2/c20-17(18-11-13-21-14-12-18)19(15-7-3-1-4-8-15)16-9-5-2-6-10-16/h1-10H,11-14H2. The lowest BCUT2D eigenvalue weighted by atomic mass is 10.2. The summed E-state index contributed by atoms with van der Waals surface area (Å²) in [6, 6.07) is 19.5. The SMILES string of the molecule is O=C(N1CCOCC1)N(c1ccccc1)c1ccccc1. The molecular weight excluding hydrogens is 264 g/mol. The van der Waals surface area contributed by atoms with Gasteiger partial charge in [-0.2, -0.15) is 0 Å². The molecule has 0 atom stereocenters. The molecule has 2 aromatic carbocycles. The summed E-state index contributed by atoms with van der Waals surface area (Å²) in [5, 5.41) is 0. The first-order chi connectivity index (χ1) is 10.4. The Morgan fingerprint density at radius 3 is 1.81 bits per heavy atom. The van der Waals surface area contributed by atoms with E-state index < -0.39 is 0 Å². The molecule has 0 aromatic heterocycles. The van der Waals surface area contributed by atoms with E-state index >= 15 is 0 Å². The van der Waals surface area contributed by atoms with Crippen LogP contribution in [0.3, 0.4) is 0 Å². The van der Waals surface area contributed by atoms with Crippen LogP contribution < -0.4 is 4.90 Å². The van der Waals surface area contributed by atoms with Crippen LogP contribution >= 0.6 is 0 Å². The highest BCUT2D eigenvalue weighted by atomic mass is 16.5. The molecule has 1 fully saturated rings. The van der Waals surface area contributed by atoms with Gasteiger partial charge in [0.15, 0.2) is 0 Å². The summed E-state index contributed by atoms with van der Waals surface area (Å²) >= 11 is 0. The summed E-state index contributed by atoms with van der Waals surface area (Å²) < 4.78 is 5.33. The zero-order valence-electron chi connectivity index (χ0n) is 11.8. The maximum absolute atomic E-state index is 12.9. The van der Waals surface area contributed by atoms with E-state index in [2.05, 4.69) is 0 Å². The highest BCUT2D eigenvalue weighted by molar-refractivity contribution is 5.99. The fourth-order valence-electron chi connectivity index (χ4n) is 2.42. The number of hydrogen-bond acceptors (Lipinski definition) is 2. The molecule has 0 N–H and O–H groups in total. The van der Waals surface area contributed by atoms with Gasteiger partial charge >= 0.3 is 6.03 Å². The first-order valence-electron chi connectivity index (χ1n) is 7.13. The van der Waals surface area contributed by atoms with Crippen molar-refractivity contribution in [2.45, 2.75) is 0 Å². The second kappa shape index (κ2) is 6.41. The average molecular weight is 282 g/mol. The number of rotatable bonds is 2. The van der Waals surface area contributed by atoms with Gasteiger partial charge in [0.05, 0.1) is 24.6 Å². The molecule has 0 saturated carbocycles. The molecule has 3 rings (SSSR count). The quantitative estimate of drug-likeness (QED) is 0.847. The number of benzene rings is 2. The zero-order chi connectivity index (χ0) is 14.5. The molecule has 2 aromatic rings. The Hall–Kier alpha value is -2.33. The normalized spacial score (nSPS) is 14.8. The Labute approximate surface area is 124 Å². The van der Waals surface area contributed by atoms with Gasteiger partial charge in [-0.05, 0) is 24.3 Å². The molecule has 1 aliphatic rings. The van der Waals surface area contributed by atoms with Crippen molar-refractivity contribution in [2.24, 2.45) is 0 Å². The average Bonchev–Trinajstić information content (AvgIpc) is 2.58. The Morgan fingerprint density at radius 2 is 1.33 bits per heavy atom. The number of para-hydroxylation sites is 2. The number of urea groups is 1. The maximum Gasteiger partial charge on any atom is 0.329 e. The fraction of sp³-hybridized carbons (Fsp3) is 0.235.